The van der Waals surface area contributed by atoms with Gasteiger partial charge < -0.3 is 10.2 Å². The highest BCUT2D eigenvalue weighted by molar-refractivity contribution is 6.11. The average molecular weight is 403 g/mol. The summed E-state index contributed by atoms with van der Waals surface area (Å²) in [6.07, 6.45) is 10.7. The molecule has 1 aliphatic carbocycles. The summed E-state index contributed by atoms with van der Waals surface area (Å²) >= 11 is 0. The molecule has 1 N–H and O–H groups in total. The maximum Gasteiger partial charge on any atom is 0.234 e. The van der Waals surface area contributed by atoms with Crippen molar-refractivity contribution in [3.8, 4) is 0 Å². The van der Waals surface area contributed by atoms with Gasteiger partial charge in [-0.15, -0.1) is 0 Å². The largest absolute Gasteiger partial charge is 0.367 e. The fraction of sp³-hybridized carbons (Fsp3) is 0.455. The molecular weight excluding hydrogens is 378 g/mol. The summed E-state index contributed by atoms with van der Waals surface area (Å²) in [7, 11) is 0. The van der Waals surface area contributed by atoms with E-state index in [1.807, 2.05) is 44.5 Å². The van der Waals surface area contributed by atoms with Crippen LogP contribution in [0.2, 0.25) is 0 Å². The van der Waals surface area contributed by atoms with Crippen molar-refractivity contribution in [2.24, 2.45) is 4.99 Å². The molecule has 4 aliphatic rings. The van der Waals surface area contributed by atoms with Gasteiger partial charge in [0, 0.05) is 31.4 Å². The lowest BCUT2D eigenvalue weighted by atomic mass is 9.99. The van der Waals surface area contributed by atoms with Crippen molar-refractivity contribution in [2.75, 3.05) is 19.6 Å². The monoisotopic (exact) mass is 403 g/mol. The predicted molar refractivity (Wildman–Crippen MR) is 113 cm³/mol. The Balaban J connectivity index is 1.31. The van der Waals surface area contributed by atoms with Crippen LogP contribution in [0.25, 0.3) is 5.65 Å². The molecule has 6 rings (SSSR count). The maximum atomic E-state index is 13.1. The summed E-state index contributed by atoms with van der Waals surface area (Å²) in [5, 5.41) is 8.27. The Morgan fingerprint density at radius 1 is 1.23 bits per heavy atom. The van der Waals surface area contributed by atoms with Gasteiger partial charge in [0.05, 0.1) is 29.7 Å². The molecule has 1 saturated carbocycles. The number of aromatic nitrogens is 3. The fourth-order valence-electron chi connectivity index (χ4n) is 4.74. The third kappa shape index (κ3) is 2.78. The van der Waals surface area contributed by atoms with Crippen molar-refractivity contribution in [1.82, 2.24) is 29.7 Å². The summed E-state index contributed by atoms with van der Waals surface area (Å²) < 4.78 is 1.75. The Kier molecular flexibility index (Phi) is 3.57. The van der Waals surface area contributed by atoms with Gasteiger partial charge >= 0.3 is 0 Å². The number of aliphatic imine (C=N–C) groups is 1. The third-order valence-corrected chi connectivity index (χ3v) is 6.60. The van der Waals surface area contributed by atoms with Crippen molar-refractivity contribution in [1.29, 1.82) is 0 Å². The van der Waals surface area contributed by atoms with Crippen molar-refractivity contribution >= 4 is 17.3 Å². The standard InChI is InChI=1S/C22H25N7O/c1-15-12-29-19(24-15)4-3-17(26-29)18-11-20(30)28-13-16(5-6-21(28,2)25-18)27-10-9-23-22(14-27)7-8-22/h3-6,12-13,23H,7-11,14H2,1-2H3. The zero-order chi connectivity index (χ0) is 20.5. The zero-order valence-corrected chi connectivity index (χ0v) is 17.3. The number of fused-ring (bicyclic) bond motifs is 2. The first-order valence-corrected chi connectivity index (χ1v) is 10.6. The van der Waals surface area contributed by atoms with Crippen LogP contribution in [0.3, 0.4) is 0 Å². The number of allylic oxidation sites excluding steroid dienone is 1. The zero-order valence-electron chi connectivity index (χ0n) is 17.3. The lowest BCUT2D eigenvalue weighted by Crippen LogP contribution is -2.54. The molecule has 0 bridgehead atoms. The van der Waals surface area contributed by atoms with Gasteiger partial charge in [0.15, 0.2) is 11.3 Å². The van der Waals surface area contributed by atoms with Crippen LogP contribution >= 0.6 is 0 Å². The van der Waals surface area contributed by atoms with Gasteiger partial charge in [0.25, 0.3) is 0 Å². The molecule has 5 heterocycles. The summed E-state index contributed by atoms with van der Waals surface area (Å²) in [5.74, 6) is 0.0457. The predicted octanol–water partition coefficient (Wildman–Crippen LogP) is 1.62. The first-order valence-electron chi connectivity index (χ1n) is 10.6. The number of aryl methyl sites for hydroxylation is 1. The van der Waals surface area contributed by atoms with Gasteiger partial charge in [-0.05, 0) is 51.0 Å². The Bertz CT molecular complexity index is 1160. The summed E-state index contributed by atoms with van der Waals surface area (Å²) in [6.45, 7) is 6.87. The molecule has 1 spiro atoms. The Morgan fingerprint density at radius 3 is 2.93 bits per heavy atom. The van der Waals surface area contributed by atoms with E-state index in [0.717, 1.165) is 42.4 Å². The molecule has 1 amide bonds. The second-order valence-electron chi connectivity index (χ2n) is 9.01. The number of piperazine rings is 1. The lowest BCUT2D eigenvalue weighted by Gasteiger charge is -2.43. The molecule has 0 radical (unpaired) electrons. The van der Waals surface area contributed by atoms with Crippen molar-refractivity contribution < 1.29 is 4.79 Å². The summed E-state index contributed by atoms with van der Waals surface area (Å²) in [5.41, 5.74) is 3.81. The SMILES string of the molecule is Cc1cn2nc(C3=NC4(C)C=CC(N5CCNC6(CC6)C5)=CN4C(=O)C3)ccc2n1. The Morgan fingerprint density at radius 2 is 2.10 bits per heavy atom. The van der Waals surface area contributed by atoms with Crippen molar-refractivity contribution in [3.63, 3.8) is 0 Å². The van der Waals surface area contributed by atoms with Crippen LogP contribution in [0.4, 0.5) is 0 Å². The van der Waals surface area contributed by atoms with E-state index in [1.165, 1.54) is 12.8 Å². The number of carbonyl (C=O) groups is 1. The third-order valence-electron chi connectivity index (χ3n) is 6.60. The van der Waals surface area contributed by atoms with Crippen LogP contribution in [0, 0.1) is 6.92 Å². The van der Waals surface area contributed by atoms with E-state index in [-0.39, 0.29) is 12.3 Å². The number of hydrogen-bond acceptors (Lipinski definition) is 6. The second kappa shape index (κ2) is 6.01. The van der Waals surface area contributed by atoms with Crippen molar-refractivity contribution in [3.05, 3.63) is 53.8 Å². The fourth-order valence-corrected chi connectivity index (χ4v) is 4.74. The van der Waals surface area contributed by atoms with E-state index in [2.05, 4.69) is 26.4 Å². The smallest absolute Gasteiger partial charge is 0.234 e. The number of imidazole rings is 1. The lowest BCUT2D eigenvalue weighted by molar-refractivity contribution is -0.131. The second-order valence-corrected chi connectivity index (χ2v) is 9.01. The van der Waals surface area contributed by atoms with Crippen LogP contribution in [0.15, 0.2) is 47.4 Å². The molecule has 3 aliphatic heterocycles. The molecule has 1 atom stereocenters. The van der Waals surface area contributed by atoms with Crippen LogP contribution in [0.5, 0.6) is 0 Å². The first kappa shape index (κ1) is 17.8. The van der Waals surface area contributed by atoms with Crippen LogP contribution in [-0.2, 0) is 4.79 Å². The van der Waals surface area contributed by atoms with E-state index in [4.69, 9.17) is 4.99 Å². The van der Waals surface area contributed by atoms with E-state index < -0.39 is 5.66 Å². The number of hydrogen-bond donors (Lipinski definition) is 1. The molecule has 2 aromatic rings. The van der Waals surface area contributed by atoms with Gasteiger partial charge in [-0.3, -0.25) is 14.7 Å². The minimum Gasteiger partial charge on any atom is -0.367 e. The van der Waals surface area contributed by atoms with E-state index in [1.54, 1.807) is 9.42 Å². The van der Waals surface area contributed by atoms with Gasteiger partial charge in [0.1, 0.15) is 5.69 Å². The molecule has 1 unspecified atom stereocenters. The molecule has 154 valence electrons. The highest BCUT2D eigenvalue weighted by atomic mass is 16.2. The molecule has 2 aromatic heterocycles. The first-order chi connectivity index (χ1) is 14.4. The topological polar surface area (TPSA) is 78.1 Å². The van der Waals surface area contributed by atoms with Gasteiger partial charge in [-0.2, -0.15) is 5.10 Å². The number of nitrogens with zero attached hydrogens (tertiary/aromatic N) is 6. The van der Waals surface area contributed by atoms with E-state index in [0.29, 0.717) is 11.3 Å². The van der Waals surface area contributed by atoms with Crippen LogP contribution < -0.4 is 5.32 Å². The number of nitrogens with one attached hydrogen (secondary N) is 1. The minimum absolute atomic E-state index is 0.0457. The normalized spacial score (nSPS) is 27.3. The molecule has 8 nitrogen and oxygen atoms in total. The average Bonchev–Trinajstić information content (AvgIpc) is 3.34. The quantitative estimate of drug-likeness (QED) is 0.825. The van der Waals surface area contributed by atoms with Crippen LogP contribution in [0.1, 0.15) is 37.6 Å². The molecule has 2 fully saturated rings. The number of rotatable bonds is 2. The summed E-state index contributed by atoms with van der Waals surface area (Å²) in [4.78, 5) is 26.7. The molecule has 1 saturated heterocycles. The van der Waals surface area contributed by atoms with Gasteiger partial charge in [-0.25, -0.2) is 9.50 Å². The molecule has 8 heteroatoms. The molecule has 30 heavy (non-hydrogen) atoms. The highest BCUT2D eigenvalue weighted by Crippen LogP contribution is 2.39. The minimum atomic E-state index is -0.721. The Labute approximate surface area is 175 Å². The van der Waals surface area contributed by atoms with Crippen molar-refractivity contribution in [2.45, 2.75) is 44.3 Å². The molecule has 0 aromatic carbocycles. The Hall–Kier alpha value is -3.00. The van der Waals surface area contributed by atoms with E-state index >= 15 is 0 Å². The van der Waals surface area contributed by atoms with Gasteiger partial charge in [-0.1, -0.05) is 0 Å². The van der Waals surface area contributed by atoms with E-state index in [9.17, 15) is 4.79 Å². The van der Waals surface area contributed by atoms with Crippen LogP contribution in [-0.4, -0.2) is 66.9 Å². The maximum absolute atomic E-state index is 13.1. The van der Waals surface area contributed by atoms with Gasteiger partial charge in [0.2, 0.25) is 5.91 Å². The molecular formula is C22H25N7O. The number of carbonyl (C=O) groups excluding carboxylic acids is 1. The summed E-state index contributed by atoms with van der Waals surface area (Å²) in [6, 6.07) is 3.82. The number of amides is 1. The highest BCUT2D eigenvalue weighted by Gasteiger charge is 2.46.